The molecular formula is C12H13N2O2. The number of amides is 2. The van der Waals surface area contributed by atoms with E-state index in [1.165, 1.54) is 0 Å². The van der Waals surface area contributed by atoms with Gasteiger partial charge in [0.15, 0.2) is 0 Å². The van der Waals surface area contributed by atoms with Crippen LogP contribution in [0.4, 0.5) is 5.69 Å². The van der Waals surface area contributed by atoms with Crippen LogP contribution in [0.2, 0.25) is 0 Å². The normalized spacial score (nSPS) is 15.3. The summed E-state index contributed by atoms with van der Waals surface area (Å²) in [6.07, 6.45) is 1.47. The highest BCUT2D eigenvalue weighted by molar-refractivity contribution is 5.99. The maximum atomic E-state index is 11.5. The zero-order valence-corrected chi connectivity index (χ0v) is 8.90. The Morgan fingerprint density at radius 3 is 2.88 bits per heavy atom. The molecule has 0 aromatic heterocycles. The number of carbonyl (C=O) groups excluding carboxylic acids is 2. The molecule has 1 radical (unpaired) electrons. The molecule has 1 aliphatic rings. The number of anilines is 1. The van der Waals surface area contributed by atoms with Crippen molar-refractivity contribution >= 4 is 17.5 Å². The van der Waals surface area contributed by atoms with Gasteiger partial charge >= 0.3 is 0 Å². The van der Waals surface area contributed by atoms with Crippen molar-refractivity contribution in [1.29, 1.82) is 0 Å². The predicted octanol–water partition coefficient (Wildman–Crippen LogP) is 1.33. The highest BCUT2D eigenvalue weighted by atomic mass is 16.2. The summed E-state index contributed by atoms with van der Waals surface area (Å²) in [5.74, 6) is -0.124. The summed E-state index contributed by atoms with van der Waals surface area (Å²) in [7, 11) is 3.32. The third-order valence-electron chi connectivity index (χ3n) is 2.65. The average molecular weight is 217 g/mol. The van der Waals surface area contributed by atoms with Gasteiger partial charge in [-0.05, 0) is 24.6 Å². The lowest BCUT2D eigenvalue weighted by atomic mass is 10.2. The molecule has 4 nitrogen and oxygen atoms in total. The predicted molar refractivity (Wildman–Crippen MR) is 60.9 cm³/mol. The minimum atomic E-state index is -0.242. The van der Waals surface area contributed by atoms with Gasteiger partial charge < -0.3 is 10.2 Å². The van der Waals surface area contributed by atoms with Gasteiger partial charge in [-0.3, -0.25) is 9.59 Å². The van der Waals surface area contributed by atoms with E-state index in [9.17, 15) is 9.59 Å². The number of benzene rings is 1. The highest BCUT2D eigenvalue weighted by Gasteiger charge is 2.22. The first-order valence-corrected chi connectivity index (χ1v) is 5.20. The smallest absolute Gasteiger partial charge is 0.251 e. The fourth-order valence-electron chi connectivity index (χ4n) is 1.84. The van der Waals surface area contributed by atoms with Crippen molar-refractivity contribution in [3.63, 3.8) is 0 Å². The summed E-state index contributed by atoms with van der Waals surface area (Å²) in [5.41, 5.74) is 1.30. The number of carbonyl (C=O) groups is 2. The second-order valence-electron chi connectivity index (χ2n) is 3.71. The Kier molecular flexibility index (Phi) is 2.90. The van der Waals surface area contributed by atoms with Crippen molar-refractivity contribution in [3.05, 3.63) is 36.9 Å². The van der Waals surface area contributed by atoms with E-state index in [-0.39, 0.29) is 11.8 Å². The maximum absolute atomic E-state index is 11.5. The van der Waals surface area contributed by atoms with Crippen LogP contribution in [0.5, 0.6) is 0 Å². The van der Waals surface area contributed by atoms with Crippen molar-refractivity contribution in [2.24, 2.45) is 0 Å². The number of hydrogen-bond acceptors (Lipinski definition) is 2. The van der Waals surface area contributed by atoms with Gasteiger partial charge in [-0.1, -0.05) is 6.07 Å². The highest BCUT2D eigenvalue weighted by Crippen LogP contribution is 2.22. The van der Waals surface area contributed by atoms with E-state index < -0.39 is 0 Å². The number of nitrogens with one attached hydrogen (secondary N) is 1. The van der Waals surface area contributed by atoms with Crippen LogP contribution in [0.15, 0.2) is 24.3 Å². The average Bonchev–Trinajstić information content (AvgIpc) is 2.74. The minimum absolute atomic E-state index is 0.118. The molecule has 0 atom stereocenters. The topological polar surface area (TPSA) is 49.4 Å². The van der Waals surface area contributed by atoms with Gasteiger partial charge in [-0.2, -0.15) is 0 Å². The third kappa shape index (κ3) is 1.91. The van der Waals surface area contributed by atoms with Gasteiger partial charge in [0.25, 0.3) is 5.91 Å². The molecule has 1 N–H and O–H groups in total. The molecule has 1 aromatic rings. The summed E-state index contributed by atoms with van der Waals surface area (Å²) < 4.78 is 0. The summed E-state index contributed by atoms with van der Waals surface area (Å²) in [6, 6.07) is 7.02. The molecule has 0 unspecified atom stereocenters. The maximum Gasteiger partial charge on any atom is 0.251 e. The molecule has 0 spiro atoms. The Morgan fingerprint density at radius 1 is 1.44 bits per heavy atom. The van der Waals surface area contributed by atoms with Crippen molar-refractivity contribution in [3.8, 4) is 0 Å². The zero-order chi connectivity index (χ0) is 11.5. The monoisotopic (exact) mass is 217 g/mol. The summed E-state index contributed by atoms with van der Waals surface area (Å²) >= 11 is 0. The summed E-state index contributed by atoms with van der Waals surface area (Å²) in [5, 5.41) is 2.32. The fourth-order valence-corrected chi connectivity index (χ4v) is 1.84. The Labute approximate surface area is 94.2 Å². The molecule has 16 heavy (non-hydrogen) atoms. The van der Waals surface area contributed by atoms with Crippen molar-refractivity contribution in [1.82, 2.24) is 5.32 Å². The molecule has 1 fully saturated rings. The quantitative estimate of drug-likeness (QED) is 0.812. The van der Waals surface area contributed by atoms with E-state index in [4.69, 9.17) is 0 Å². The van der Waals surface area contributed by atoms with Crippen LogP contribution < -0.4 is 10.2 Å². The van der Waals surface area contributed by atoms with E-state index in [0.29, 0.717) is 12.0 Å². The van der Waals surface area contributed by atoms with E-state index in [1.54, 1.807) is 23.1 Å². The summed E-state index contributed by atoms with van der Waals surface area (Å²) in [6.45, 7) is 0.730. The van der Waals surface area contributed by atoms with Crippen LogP contribution in [-0.4, -0.2) is 18.4 Å². The standard InChI is InChI=1S/C12H13N2O2/c1-13-12(16)9-4-2-5-10(8-9)14-7-3-6-11(14)15/h2,4-5,8H,1,3,6-7H2,(H,13,16). The Hall–Kier alpha value is -1.84. The van der Waals surface area contributed by atoms with Crippen LogP contribution in [0, 0.1) is 7.05 Å². The van der Waals surface area contributed by atoms with Gasteiger partial charge in [-0.15, -0.1) is 0 Å². The van der Waals surface area contributed by atoms with E-state index >= 15 is 0 Å². The van der Waals surface area contributed by atoms with E-state index in [0.717, 1.165) is 18.7 Å². The molecule has 2 rings (SSSR count). The van der Waals surface area contributed by atoms with E-state index in [1.807, 2.05) is 6.07 Å². The van der Waals surface area contributed by atoms with Gasteiger partial charge in [0, 0.05) is 31.3 Å². The Morgan fingerprint density at radius 2 is 2.25 bits per heavy atom. The van der Waals surface area contributed by atoms with Crippen LogP contribution >= 0.6 is 0 Å². The summed E-state index contributed by atoms with van der Waals surface area (Å²) in [4.78, 5) is 24.6. The molecular weight excluding hydrogens is 204 g/mol. The SMILES string of the molecule is [CH2]NC(=O)c1cccc(N2CCCC2=O)c1. The molecule has 0 aliphatic carbocycles. The zero-order valence-electron chi connectivity index (χ0n) is 8.90. The molecule has 1 aromatic carbocycles. The molecule has 1 heterocycles. The van der Waals surface area contributed by atoms with Crippen LogP contribution in [0.3, 0.4) is 0 Å². The lowest BCUT2D eigenvalue weighted by Crippen LogP contribution is -2.24. The van der Waals surface area contributed by atoms with Crippen LogP contribution in [0.1, 0.15) is 23.2 Å². The largest absolute Gasteiger partial charge is 0.350 e. The third-order valence-corrected chi connectivity index (χ3v) is 2.65. The molecule has 4 heteroatoms. The molecule has 83 valence electrons. The lowest BCUT2D eigenvalue weighted by Gasteiger charge is -2.16. The molecule has 1 aliphatic heterocycles. The van der Waals surface area contributed by atoms with Crippen LogP contribution in [-0.2, 0) is 4.79 Å². The first-order chi connectivity index (χ1) is 7.72. The van der Waals surface area contributed by atoms with Crippen molar-refractivity contribution < 1.29 is 9.59 Å². The molecule has 1 saturated heterocycles. The van der Waals surface area contributed by atoms with Gasteiger partial charge in [0.1, 0.15) is 0 Å². The van der Waals surface area contributed by atoms with Crippen LogP contribution in [0.25, 0.3) is 0 Å². The van der Waals surface area contributed by atoms with Gasteiger partial charge in [0.05, 0.1) is 0 Å². The van der Waals surface area contributed by atoms with E-state index in [2.05, 4.69) is 12.4 Å². The molecule has 2 amide bonds. The number of hydrogen-bond donors (Lipinski definition) is 1. The minimum Gasteiger partial charge on any atom is -0.350 e. The van der Waals surface area contributed by atoms with Gasteiger partial charge in [-0.25, -0.2) is 0 Å². The first kappa shape index (κ1) is 10.7. The lowest BCUT2D eigenvalue weighted by molar-refractivity contribution is -0.117. The number of nitrogens with zero attached hydrogens (tertiary/aromatic N) is 1. The van der Waals surface area contributed by atoms with Crippen molar-refractivity contribution in [2.75, 3.05) is 11.4 Å². The van der Waals surface area contributed by atoms with Gasteiger partial charge in [0.2, 0.25) is 5.91 Å². The Bertz CT molecular complexity index is 429. The fraction of sp³-hybridized carbons (Fsp3) is 0.250. The second-order valence-corrected chi connectivity index (χ2v) is 3.71. The molecule has 0 bridgehead atoms. The Balaban J connectivity index is 2.28. The second kappa shape index (κ2) is 4.35. The number of rotatable bonds is 2. The molecule has 0 saturated carbocycles. The van der Waals surface area contributed by atoms with Crippen molar-refractivity contribution in [2.45, 2.75) is 12.8 Å². The first-order valence-electron chi connectivity index (χ1n) is 5.20.